The minimum absolute atomic E-state index is 0.0522. The number of anilines is 1. The van der Waals surface area contributed by atoms with Gasteiger partial charge in [0.25, 0.3) is 5.56 Å². The largest absolute Gasteiger partial charge is 0.373 e. The number of nitrogens with one attached hydrogen (secondary N) is 2. The summed E-state index contributed by atoms with van der Waals surface area (Å²) in [5.41, 5.74) is 1.74. The van der Waals surface area contributed by atoms with E-state index >= 15 is 0 Å². The highest BCUT2D eigenvalue weighted by atomic mass is 16.2. The fourth-order valence-corrected chi connectivity index (χ4v) is 3.21. The van der Waals surface area contributed by atoms with Gasteiger partial charge in [-0.3, -0.25) is 9.59 Å². The van der Waals surface area contributed by atoms with E-state index in [1.807, 2.05) is 30.1 Å². The van der Waals surface area contributed by atoms with Crippen molar-refractivity contribution in [3.63, 3.8) is 0 Å². The molecule has 1 aliphatic rings. The van der Waals surface area contributed by atoms with Crippen molar-refractivity contribution in [2.24, 2.45) is 0 Å². The zero-order valence-electron chi connectivity index (χ0n) is 15.7. The van der Waals surface area contributed by atoms with Gasteiger partial charge in [0.15, 0.2) is 0 Å². The molecule has 2 heterocycles. The molecule has 2 N–H and O–H groups in total. The van der Waals surface area contributed by atoms with Gasteiger partial charge in [0, 0.05) is 32.2 Å². The molecule has 27 heavy (non-hydrogen) atoms. The van der Waals surface area contributed by atoms with Crippen LogP contribution in [0.15, 0.2) is 47.4 Å². The highest BCUT2D eigenvalue weighted by Crippen LogP contribution is 2.09. The summed E-state index contributed by atoms with van der Waals surface area (Å²) in [4.78, 5) is 26.5. The Morgan fingerprint density at radius 2 is 2.19 bits per heavy atom. The van der Waals surface area contributed by atoms with Gasteiger partial charge in [-0.25, -0.2) is 4.68 Å². The number of carbonyl (C=O) groups excluding carboxylic acids is 1. The van der Waals surface area contributed by atoms with Crippen LogP contribution in [0.3, 0.4) is 0 Å². The van der Waals surface area contributed by atoms with E-state index in [1.165, 1.54) is 16.3 Å². The third kappa shape index (κ3) is 5.65. The number of amides is 1. The molecule has 7 nitrogen and oxygen atoms in total. The van der Waals surface area contributed by atoms with E-state index in [4.69, 9.17) is 0 Å². The molecule has 0 radical (unpaired) electrons. The third-order valence-corrected chi connectivity index (χ3v) is 4.83. The van der Waals surface area contributed by atoms with Gasteiger partial charge < -0.3 is 15.5 Å². The average Bonchev–Trinajstić information content (AvgIpc) is 2.69. The lowest BCUT2D eigenvalue weighted by Crippen LogP contribution is -2.47. The highest BCUT2D eigenvalue weighted by molar-refractivity contribution is 5.76. The van der Waals surface area contributed by atoms with E-state index in [0.29, 0.717) is 0 Å². The lowest BCUT2D eigenvalue weighted by Gasteiger charge is -2.23. The van der Waals surface area contributed by atoms with Crippen molar-refractivity contribution in [2.75, 3.05) is 31.6 Å². The molecule has 7 heteroatoms. The Hall–Kier alpha value is -2.67. The summed E-state index contributed by atoms with van der Waals surface area (Å²) in [6, 6.07) is 11.9. The van der Waals surface area contributed by atoms with Crippen molar-refractivity contribution in [1.82, 2.24) is 20.4 Å². The van der Waals surface area contributed by atoms with E-state index in [9.17, 15) is 9.59 Å². The molecular weight excluding hydrogens is 342 g/mol. The van der Waals surface area contributed by atoms with Gasteiger partial charge in [0.05, 0.1) is 11.9 Å². The average molecular weight is 369 g/mol. The first-order valence-corrected chi connectivity index (χ1v) is 9.44. The molecule has 1 atom stereocenters. The van der Waals surface area contributed by atoms with Gasteiger partial charge in [-0.15, -0.1) is 0 Å². The van der Waals surface area contributed by atoms with Gasteiger partial charge in [-0.05, 0) is 31.4 Å². The molecule has 1 aliphatic heterocycles. The molecular formula is C20H27N5O2. The molecule has 3 rings (SSSR count). The van der Waals surface area contributed by atoms with Crippen LogP contribution in [0.5, 0.6) is 0 Å². The molecule has 1 unspecified atom stereocenters. The number of carbonyl (C=O) groups is 1. The summed E-state index contributed by atoms with van der Waals surface area (Å²) in [6.07, 6.45) is 4.54. The zero-order valence-corrected chi connectivity index (χ0v) is 15.7. The minimum atomic E-state index is -0.268. The normalized spacial score (nSPS) is 16.7. The number of nitrogens with zero attached hydrogens (tertiary/aromatic N) is 3. The molecule has 1 aromatic heterocycles. The standard InChI is InChI=1S/C20H27N5O2/c1-24(11-9-16-6-3-2-4-7-16)18-12-20(27)25(22-14-18)15-19(26)23-17-8-5-10-21-13-17/h2-4,6-7,12,14,17,21H,5,8-11,13,15H2,1H3,(H,23,26). The van der Waals surface area contributed by atoms with Gasteiger partial charge in [0.1, 0.15) is 6.54 Å². The smallest absolute Gasteiger partial charge is 0.269 e. The second-order valence-corrected chi connectivity index (χ2v) is 6.98. The van der Waals surface area contributed by atoms with Crippen molar-refractivity contribution < 1.29 is 4.79 Å². The second-order valence-electron chi connectivity index (χ2n) is 6.98. The lowest BCUT2D eigenvalue weighted by molar-refractivity contribution is -0.122. The summed E-state index contributed by atoms with van der Waals surface area (Å²) in [7, 11) is 1.94. The number of hydrogen-bond donors (Lipinski definition) is 2. The van der Waals surface area contributed by atoms with Crippen molar-refractivity contribution in [1.29, 1.82) is 0 Å². The molecule has 0 saturated carbocycles. The number of benzene rings is 1. The fourth-order valence-electron chi connectivity index (χ4n) is 3.21. The van der Waals surface area contributed by atoms with E-state index in [1.54, 1.807) is 6.20 Å². The molecule has 2 aromatic rings. The molecule has 1 fully saturated rings. The van der Waals surface area contributed by atoms with E-state index in [-0.39, 0.29) is 24.1 Å². The van der Waals surface area contributed by atoms with E-state index < -0.39 is 0 Å². The minimum Gasteiger partial charge on any atom is -0.373 e. The predicted octanol–water partition coefficient (Wildman–Crippen LogP) is 0.790. The van der Waals surface area contributed by atoms with Crippen LogP contribution < -0.4 is 21.1 Å². The van der Waals surface area contributed by atoms with Crippen LogP contribution in [0.2, 0.25) is 0 Å². The Bertz CT molecular complexity index is 800. The Balaban J connectivity index is 1.54. The molecule has 1 aromatic carbocycles. The van der Waals surface area contributed by atoms with Gasteiger partial charge in [-0.1, -0.05) is 30.3 Å². The van der Waals surface area contributed by atoms with Crippen molar-refractivity contribution in [2.45, 2.75) is 31.8 Å². The number of likely N-dealkylation sites (N-methyl/N-ethyl adjacent to an activating group) is 1. The predicted molar refractivity (Wildman–Crippen MR) is 106 cm³/mol. The summed E-state index contributed by atoms with van der Waals surface area (Å²) in [6.45, 7) is 2.50. The van der Waals surface area contributed by atoms with Crippen molar-refractivity contribution in [3.8, 4) is 0 Å². The number of piperidine rings is 1. The number of rotatable bonds is 7. The summed E-state index contributed by atoms with van der Waals surface area (Å²) in [5, 5.41) is 10.4. The maximum absolute atomic E-state index is 12.3. The summed E-state index contributed by atoms with van der Waals surface area (Å²) < 4.78 is 1.21. The lowest BCUT2D eigenvalue weighted by atomic mass is 10.1. The van der Waals surface area contributed by atoms with Gasteiger partial charge in [0.2, 0.25) is 5.91 Å². The van der Waals surface area contributed by atoms with Crippen LogP contribution in [0, 0.1) is 0 Å². The Morgan fingerprint density at radius 3 is 2.89 bits per heavy atom. The molecule has 0 bridgehead atoms. The second kappa shape index (κ2) is 9.32. The first-order chi connectivity index (χ1) is 13.1. The van der Waals surface area contributed by atoms with Crippen molar-refractivity contribution >= 4 is 11.6 Å². The Morgan fingerprint density at radius 1 is 1.37 bits per heavy atom. The first kappa shape index (κ1) is 19.1. The third-order valence-electron chi connectivity index (χ3n) is 4.83. The van der Waals surface area contributed by atoms with Gasteiger partial charge in [-0.2, -0.15) is 5.10 Å². The maximum Gasteiger partial charge on any atom is 0.269 e. The van der Waals surface area contributed by atoms with Crippen molar-refractivity contribution in [3.05, 3.63) is 58.5 Å². The van der Waals surface area contributed by atoms with Crippen LogP contribution in [-0.4, -0.2) is 48.4 Å². The van der Waals surface area contributed by atoms with Crippen LogP contribution in [0.1, 0.15) is 18.4 Å². The van der Waals surface area contributed by atoms with Gasteiger partial charge >= 0.3 is 0 Å². The molecule has 0 spiro atoms. The molecule has 144 valence electrons. The highest BCUT2D eigenvalue weighted by Gasteiger charge is 2.16. The molecule has 1 amide bonds. The van der Waals surface area contributed by atoms with Crippen LogP contribution in [-0.2, 0) is 17.8 Å². The number of aromatic nitrogens is 2. The topological polar surface area (TPSA) is 79.3 Å². The van der Waals surface area contributed by atoms with E-state index in [0.717, 1.165) is 44.6 Å². The SMILES string of the molecule is CN(CCc1ccccc1)c1cnn(CC(=O)NC2CCCNC2)c(=O)c1. The number of hydrogen-bond acceptors (Lipinski definition) is 5. The zero-order chi connectivity index (χ0) is 19.1. The first-order valence-electron chi connectivity index (χ1n) is 9.44. The van der Waals surface area contributed by atoms with Crippen LogP contribution in [0.25, 0.3) is 0 Å². The summed E-state index contributed by atoms with van der Waals surface area (Å²) >= 11 is 0. The molecule has 0 aliphatic carbocycles. The van der Waals surface area contributed by atoms with Crippen LogP contribution >= 0.6 is 0 Å². The monoisotopic (exact) mass is 369 g/mol. The summed E-state index contributed by atoms with van der Waals surface area (Å²) in [5.74, 6) is -0.177. The Labute approximate surface area is 159 Å². The van der Waals surface area contributed by atoms with Crippen LogP contribution in [0.4, 0.5) is 5.69 Å². The quantitative estimate of drug-likeness (QED) is 0.754. The molecule has 1 saturated heterocycles. The van der Waals surface area contributed by atoms with E-state index in [2.05, 4.69) is 27.9 Å². The fraction of sp³-hybridized carbons (Fsp3) is 0.450. The maximum atomic E-state index is 12.3. The Kier molecular flexibility index (Phi) is 6.59.